The van der Waals surface area contributed by atoms with Gasteiger partial charge in [0.25, 0.3) is 0 Å². The van der Waals surface area contributed by atoms with Crippen LogP contribution in [0.3, 0.4) is 0 Å². The van der Waals surface area contributed by atoms with E-state index in [1.54, 1.807) is 11.3 Å². The van der Waals surface area contributed by atoms with Crippen LogP contribution in [0.5, 0.6) is 0 Å². The first-order valence-corrected chi connectivity index (χ1v) is 5.92. The molecule has 2 N–H and O–H groups in total. The highest BCUT2D eigenvalue weighted by atomic mass is 32.1. The second kappa shape index (κ2) is 4.74. The Morgan fingerprint density at radius 3 is 2.81 bits per heavy atom. The van der Waals surface area contributed by atoms with Crippen LogP contribution in [0.15, 0.2) is 23.6 Å². The fraction of sp³-hybridized carbons (Fsp3) is 0.250. The van der Waals surface area contributed by atoms with Crippen LogP contribution in [0.1, 0.15) is 16.1 Å². The predicted molar refractivity (Wildman–Crippen MR) is 66.0 cm³/mol. The van der Waals surface area contributed by atoms with Gasteiger partial charge in [-0.05, 0) is 31.0 Å². The number of hydrogen-bond donors (Lipinski definition) is 1. The van der Waals surface area contributed by atoms with Crippen molar-refractivity contribution in [1.29, 1.82) is 0 Å². The highest BCUT2D eigenvalue weighted by Gasteiger charge is 2.05. The molecule has 0 unspecified atom stereocenters. The average molecular weight is 234 g/mol. The number of nitrogens with two attached hydrogens (primary N) is 1. The van der Waals surface area contributed by atoms with Crippen molar-refractivity contribution in [1.82, 2.24) is 4.98 Å². The number of thiazole rings is 1. The summed E-state index contributed by atoms with van der Waals surface area (Å²) in [7, 11) is 0. The van der Waals surface area contributed by atoms with Gasteiger partial charge >= 0.3 is 0 Å². The van der Waals surface area contributed by atoms with Crippen LogP contribution in [-0.4, -0.2) is 4.98 Å². The largest absolute Gasteiger partial charge is 0.297 e. The standard InChI is InChI=1S/C12H14N2OS/c1-8-3-4-10(5-9(8)2)11-7-16-12(14-11)6-15-13/h3-5,7H,6,13H2,1-2H3. The van der Waals surface area contributed by atoms with Crippen LogP contribution in [0.25, 0.3) is 11.3 Å². The zero-order chi connectivity index (χ0) is 11.5. The van der Waals surface area contributed by atoms with E-state index in [0.29, 0.717) is 6.61 Å². The van der Waals surface area contributed by atoms with Crippen LogP contribution < -0.4 is 5.90 Å². The number of aryl methyl sites for hydroxylation is 2. The van der Waals surface area contributed by atoms with Crippen LogP contribution in [-0.2, 0) is 11.4 Å². The maximum absolute atomic E-state index is 5.02. The Morgan fingerprint density at radius 1 is 1.31 bits per heavy atom. The van der Waals surface area contributed by atoms with Crippen LogP contribution >= 0.6 is 11.3 Å². The van der Waals surface area contributed by atoms with E-state index in [1.807, 2.05) is 5.38 Å². The lowest BCUT2D eigenvalue weighted by Gasteiger charge is -2.02. The number of hydrogen-bond acceptors (Lipinski definition) is 4. The molecule has 0 atom stereocenters. The summed E-state index contributed by atoms with van der Waals surface area (Å²) in [4.78, 5) is 9.02. The monoisotopic (exact) mass is 234 g/mol. The summed E-state index contributed by atoms with van der Waals surface area (Å²) in [5, 5.41) is 2.93. The van der Waals surface area contributed by atoms with E-state index < -0.39 is 0 Å². The van der Waals surface area contributed by atoms with Crippen LogP contribution in [0.2, 0.25) is 0 Å². The smallest absolute Gasteiger partial charge is 0.121 e. The maximum atomic E-state index is 5.02. The van der Waals surface area contributed by atoms with Gasteiger partial charge in [-0.25, -0.2) is 10.9 Å². The summed E-state index contributed by atoms with van der Waals surface area (Å²) in [5.41, 5.74) is 4.70. The minimum Gasteiger partial charge on any atom is -0.297 e. The minimum absolute atomic E-state index is 0.371. The molecule has 0 spiro atoms. The molecular weight excluding hydrogens is 220 g/mol. The molecule has 2 aromatic rings. The Kier molecular flexibility index (Phi) is 3.33. The third kappa shape index (κ3) is 2.29. The first-order valence-electron chi connectivity index (χ1n) is 5.04. The van der Waals surface area contributed by atoms with E-state index in [4.69, 9.17) is 5.90 Å². The Morgan fingerprint density at radius 2 is 2.12 bits per heavy atom. The molecule has 1 aromatic carbocycles. The summed E-state index contributed by atoms with van der Waals surface area (Å²) in [6, 6.07) is 6.35. The van der Waals surface area contributed by atoms with Gasteiger partial charge in [0.1, 0.15) is 11.6 Å². The van der Waals surface area contributed by atoms with Crippen molar-refractivity contribution in [2.75, 3.05) is 0 Å². The Bertz CT molecular complexity index is 494. The quantitative estimate of drug-likeness (QED) is 0.831. The Balaban J connectivity index is 2.31. The molecule has 0 amide bonds. The van der Waals surface area contributed by atoms with Gasteiger partial charge in [0.05, 0.1) is 5.69 Å². The average Bonchev–Trinajstić information content (AvgIpc) is 2.71. The van der Waals surface area contributed by atoms with Crippen molar-refractivity contribution in [3.63, 3.8) is 0 Å². The van der Waals surface area contributed by atoms with Crippen molar-refractivity contribution in [3.05, 3.63) is 39.7 Å². The third-order valence-corrected chi connectivity index (χ3v) is 3.38. The molecule has 1 aromatic heterocycles. The number of aromatic nitrogens is 1. The van der Waals surface area contributed by atoms with Crippen molar-refractivity contribution in [3.8, 4) is 11.3 Å². The molecule has 0 aliphatic carbocycles. The highest BCUT2D eigenvalue weighted by Crippen LogP contribution is 2.24. The lowest BCUT2D eigenvalue weighted by molar-refractivity contribution is 0.124. The first-order chi connectivity index (χ1) is 7.70. The second-order valence-electron chi connectivity index (χ2n) is 3.74. The summed E-state index contributed by atoms with van der Waals surface area (Å²) < 4.78 is 0. The third-order valence-electron chi connectivity index (χ3n) is 2.56. The maximum Gasteiger partial charge on any atom is 0.121 e. The van der Waals surface area contributed by atoms with Gasteiger partial charge in [-0.2, -0.15) is 0 Å². The van der Waals surface area contributed by atoms with Crippen molar-refractivity contribution >= 4 is 11.3 Å². The molecule has 0 aliphatic heterocycles. The van der Waals surface area contributed by atoms with Gasteiger partial charge in [-0.1, -0.05) is 12.1 Å². The minimum atomic E-state index is 0.371. The zero-order valence-corrected chi connectivity index (χ0v) is 10.2. The van der Waals surface area contributed by atoms with Gasteiger partial charge < -0.3 is 0 Å². The number of benzene rings is 1. The fourth-order valence-corrected chi connectivity index (χ4v) is 2.21. The lowest BCUT2D eigenvalue weighted by atomic mass is 10.1. The fourth-order valence-electron chi connectivity index (χ4n) is 1.48. The summed E-state index contributed by atoms with van der Waals surface area (Å²) in [6.07, 6.45) is 0. The van der Waals surface area contributed by atoms with Crippen molar-refractivity contribution in [2.45, 2.75) is 20.5 Å². The Hall–Kier alpha value is -1.23. The van der Waals surface area contributed by atoms with E-state index in [-0.39, 0.29) is 0 Å². The summed E-state index contributed by atoms with van der Waals surface area (Å²) in [5.74, 6) is 5.02. The molecule has 16 heavy (non-hydrogen) atoms. The van der Waals surface area contributed by atoms with E-state index in [1.165, 1.54) is 11.1 Å². The summed E-state index contributed by atoms with van der Waals surface area (Å²) >= 11 is 1.56. The molecule has 0 aliphatic rings. The molecule has 0 bridgehead atoms. The highest BCUT2D eigenvalue weighted by molar-refractivity contribution is 7.09. The van der Waals surface area contributed by atoms with Gasteiger partial charge in [0.2, 0.25) is 0 Å². The Labute approximate surface area is 98.9 Å². The molecule has 84 valence electrons. The predicted octanol–water partition coefficient (Wildman–Crippen LogP) is 2.82. The first kappa shape index (κ1) is 11.3. The van der Waals surface area contributed by atoms with E-state index in [0.717, 1.165) is 16.3 Å². The molecule has 0 radical (unpaired) electrons. The molecule has 0 fully saturated rings. The topological polar surface area (TPSA) is 48.1 Å². The van der Waals surface area contributed by atoms with Gasteiger partial charge in [-0.15, -0.1) is 11.3 Å². The molecule has 2 rings (SSSR count). The SMILES string of the molecule is Cc1ccc(-c2csc(CON)n2)cc1C. The second-order valence-corrected chi connectivity index (χ2v) is 4.68. The van der Waals surface area contributed by atoms with E-state index >= 15 is 0 Å². The molecule has 1 heterocycles. The molecule has 0 saturated heterocycles. The van der Waals surface area contributed by atoms with Crippen LogP contribution in [0, 0.1) is 13.8 Å². The van der Waals surface area contributed by atoms with E-state index in [9.17, 15) is 0 Å². The molecule has 3 nitrogen and oxygen atoms in total. The van der Waals surface area contributed by atoms with Gasteiger partial charge in [0.15, 0.2) is 0 Å². The van der Waals surface area contributed by atoms with Crippen molar-refractivity contribution in [2.24, 2.45) is 5.90 Å². The summed E-state index contributed by atoms with van der Waals surface area (Å²) in [6.45, 7) is 4.58. The van der Waals surface area contributed by atoms with Crippen molar-refractivity contribution < 1.29 is 4.84 Å². The molecule has 0 saturated carbocycles. The van der Waals surface area contributed by atoms with Crippen LogP contribution in [0.4, 0.5) is 0 Å². The lowest BCUT2D eigenvalue weighted by Crippen LogP contribution is -1.98. The number of rotatable bonds is 3. The normalized spacial score (nSPS) is 10.7. The molecule has 4 heteroatoms. The van der Waals surface area contributed by atoms with E-state index in [2.05, 4.69) is 41.9 Å². The van der Waals surface area contributed by atoms with Gasteiger partial charge in [-0.3, -0.25) is 4.84 Å². The van der Waals surface area contributed by atoms with Gasteiger partial charge in [0, 0.05) is 10.9 Å². The molecular formula is C12H14N2OS. The zero-order valence-electron chi connectivity index (χ0n) is 9.36. The number of nitrogens with zero attached hydrogens (tertiary/aromatic N) is 1.